The van der Waals surface area contributed by atoms with Gasteiger partial charge in [-0.2, -0.15) is 10.4 Å². The van der Waals surface area contributed by atoms with E-state index in [1.807, 2.05) is 6.07 Å². The first-order valence-corrected chi connectivity index (χ1v) is 2.94. The lowest BCUT2D eigenvalue weighted by Gasteiger charge is -1.80. The Morgan fingerprint density at radius 2 is 2.55 bits per heavy atom. The van der Waals surface area contributed by atoms with Crippen molar-refractivity contribution in [2.45, 2.75) is 0 Å². The minimum atomic E-state index is 0.364. The van der Waals surface area contributed by atoms with Gasteiger partial charge in [-0.15, -0.1) is 0 Å². The maximum absolute atomic E-state index is 9.90. The number of aldehydes is 1. The molecule has 1 N–H and O–H groups in total. The van der Waals surface area contributed by atoms with Crippen molar-refractivity contribution in [3.8, 4) is 6.07 Å². The maximum atomic E-state index is 9.90. The molecule has 0 aliphatic heterocycles. The molecule has 0 radical (unpaired) electrons. The highest BCUT2D eigenvalue weighted by Gasteiger charge is 1.97. The largest absolute Gasteiger partial charge is 0.299 e. The maximum Gasteiger partial charge on any atom is 0.142 e. The van der Waals surface area contributed by atoms with Crippen molar-refractivity contribution in [2.24, 2.45) is 0 Å². The van der Waals surface area contributed by atoms with Crippen LogP contribution in [0.1, 0.15) is 11.3 Å². The number of carbonyl (C=O) groups excluding carboxylic acids is 1. The van der Waals surface area contributed by atoms with Gasteiger partial charge in [0.2, 0.25) is 0 Å². The van der Waals surface area contributed by atoms with Gasteiger partial charge in [-0.25, -0.2) is 0 Å². The van der Waals surface area contributed by atoms with Gasteiger partial charge < -0.3 is 0 Å². The first kappa shape index (κ1) is 7.22. The Labute approximate surface area is 63.2 Å². The molecule has 54 valence electrons. The Hall–Kier alpha value is -1.89. The number of hydrogen-bond donors (Lipinski definition) is 1. The number of aromatic amines is 1. The molecule has 0 bridgehead atoms. The highest BCUT2D eigenvalue weighted by atomic mass is 16.1. The molecule has 0 aromatic carbocycles. The van der Waals surface area contributed by atoms with Gasteiger partial charge in [0.25, 0.3) is 0 Å². The molecule has 1 heterocycles. The molecule has 4 nitrogen and oxygen atoms in total. The normalized spacial score (nSPS) is 9.73. The van der Waals surface area contributed by atoms with Gasteiger partial charge in [0.05, 0.1) is 6.20 Å². The van der Waals surface area contributed by atoms with Crippen molar-refractivity contribution in [1.29, 1.82) is 5.26 Å². The smallest absolute Gasteiger partial charge is 0.142 e. The quantitative estimate of drug-likeness (QED) is 0.489. The molecule has 0 fully saturated rings. The summed E-state index contributed by atoms with van der Waals surface area (Å²) < 4.78 is 0. The van der Waals surface area contributed by atoms with Crippen LogP contribution < -0.4 is 0 Å². The van der Waals surface area contributed by atoms with Crippen molar-refractivity contribution in [1.82, 2.24) is 10.2 Å². The van der Waals surface area contributed by atoms with Crippen molar-refractivity contribution in [3.63, 3.8) is 0 Å². The van der Waals surface area contributed by atoms with Crippen LogP contribution in [0.25, 0.3) is 6.08 Å². The number of aromatic nitrogens is 2. The fraction of sp³-hybridized carbons (Fsp3) is 0. The molecule has 11 heavy (non-hydrogen) atoms. The van der Waals surface area contributed by atoms with E-state index in [9.17, 15) is 4.79 Å². The molecule has 0 aliphatic rings. The van der Waals surface area contributed by atoms with Crippen LogP contribution in [0.5, 0.6) is 0 Å². The van der Waals surface area contributed by atoms with Crippen LogP contribution in [0.15, 0.2) is 12.3 Å². The number of H-pyrrole nitrogens is 1. The van der Waals surface area contributed by atoms with Crippen molar-refractivity contribution >= 4 is 12.4 Å². The number of rotatable bonds is 2. The average molecular weight is 147 g/mol. The van der Waals surface area contributed by atoms with Gasteiger partial charge in [-0.3, -0.25) is 9.89 Å². The summed E-state index contributed by atoms with van der Waals surface area (Å²) in [5.74, 6) is 0. The van der Waals surface area contributed by atoms with Crippen LogP contribution in [-0.4, -0.2) is 16.5 Å². The van der Waals surface area contributed by atoms with E-state index in [-0.39, 0.29) is 0 Å². The van der Waals surface area contributed by atoms with Gasteiger partial charge in [-0.1, -0.05) is 0 Å². The Balaban J connectivity index is 2.95. The number of carbonyl (C=O) groups is 1. The van der Waals surface area contributed by atoms with E-state index in [0.717, 1.165) is 0 Å². The number of nitriles is 1. The number of nitrogens with zero attached hydrogens (tertiary/aromatic N) is 2. The summed E-state index contributed by atoms with van der Waals surface area (Å²) in [5, 5.41) is 14.6. The second-order valence-corrected chi connectivity index (χ2v) is 1.81. The third-order valence-electron chi connectivity index (χ3n) is 1.13. The third kappa shape index (κ3) is 1.52. The zero-order valence-corrected chi connectivity index (χ0v) is 5.61. The summed E-state index contributed by atoms with van der Waals surface area (Å²) >= 11 is 0. The topological polar surface area (TPSA) is 69.5 Å². The minimum absolute atomic E-state index is 0.364. The SMILES string of the molecule is N#Cc1[nH]ncc1C=CC=O. The lowest BCUT2D eigenvalue weighted by Crippen LogP contribution is -1.75. The second kappa shape index (κ2) is 3.32. The van der Waals surface area contributed by atoms with E-state index in [0.29, 0.717) is 17.5 Å². The van der Waals surface area contributed by atoms with Crippen LogP contribution in [0.4, 0.5) is 0 Å². The lowest BCUT2D eigenvalue weighted by molar-refractivity contribution is -0.104. The molecule has 0 saturated carbocycles. The molecular formula is C7H5N3O. The standard InChI is InChI=1S/C7H5N3O/c8-4-7-6(2-1-3-11)5-9-10-7/h1-3,5H,(H,9,10). The van der Waals surface area contributed by atoms with Gasteiger partial charge in [0, 0.05) is 5.56 Å². The molecule has 0 spiro atoms. The molecule has 1 rings (SSSR count). The van der Waals surface area contributed by atoms with E-state index >= 15 is 0 Å². The predicted molar refractivity (Wildman–Crippen MR) is 38.4 cm³/mol. The molecule has 0 atom stereocenters. The first-order chi connectivity index (χ1) is 5.38. The number of nitrogens with one attached hydrogen (secondary N) is 1. The highest BCUT2D eigenvalue weighted by Crippen LogP contribution is 2.03. The van der Waals surface area contributed by atoms with Crippen molar-refractivity contribution < 1.29 is 4.79 Å². The Morgan fingerprint density at radius 3 is 3.18 bits per heavy atom. The van der Waals surface area contributed by atoms with Crippen molar-refractivity contribution in [3.05, 3.63) is 23.5 Å². The van der Waals surface area contributed by atoms with Crippen LogP contribution in [-0.2, 0) is 4.79 Å². The molecule has 0 aliphatic carbocycles. The molecule has 1 aromatic rings. The summed E-state index contributed by atoms with van der Waals surface area (Å²) in [5.41, 5.74) is 0.989. The first-order valence-electron chi connectivity index (χ1n) is 2.94. The van der Waals surface area contributed by atoms with Gasteiger partial charge in [0.15, 0.2) is 0 Å². The van der Waals surface area contributed by atoms with E-state index in [1.165, 1.54) is 18.3 Å². The number of hydrogen-bond acceptors (Lipinski definition) is 3. The van der Waals surface area contributed by atoms with Crippen LogP contribution in [0, 0.1) is 11.3 Å². The second-order valence-electron chi connectivity index (χ2n) is 1.81. The molecule has 4 heteroatoms. The van der Waals surface area contributed by atoms with E-state index in [2.05, 4.69) is 10.2 Å². The summed E-state index contributed by atoms with van der Waals surface area (Å²) in [7, 11) is 0. The monoisotopic (exact) mass is 147 g/mol. The molecular weight excluding hydrogens is 142 g/mol. The zero-order chi connectivity index (χ0) is 8.10. The Kier molecular flexibility index (Phi) is 2.18. The van der Waals surface area contributed by atoms with Crippen molar-refractivity contribution in [2.75, 3.05) is 0 Å². The highest BCUT2D eigenvalue weighted by molar-refractivity contribution is 5.74. The summed E-state index contributed by atoms with van der Waals surface area (Å²) in [6.07, 6.45) is 4.97. The van der Waals surface area contributed by atoms with Gasteiger partial charge in [-0.05, 0) is 12.2 Å². The zero-order valence-electron chi connectivity index (χ0n) is 5.61. The number of allylic oxidation sites excluding steroid dienone is 1. The third-order valence-corrected chi connectivity index (χ3v) is 1.13. The summed E-state index contributed by atoms with van der Waals surface area (Å²) in [4.78, 5) is 9.90. The van der Waals surface area contributed by atoms with Crippen LogP contribution >= 0.6 is 0 Å². The fourth-order valence-electron chi connectivity index (χ4n) is 0.654. The molecule has 0 amide bonds. The fourth-order valence-corrected chi connectivity index (χ4v) is 0.654. The van der Waals surface area contributed by atoms with Crippen LogP contribution in [0.2, 0.25) is 0 Å². The van der Waals surface area contributed by atoms with Gasteiger partial charge >= 0.3 is 0 Å². The summed E-state index contributed by atoms with van der Waals surface area (Å²) in [6.45, 7) is 0. The molecule has 0 unspecified atom stereocenters. The molecule has 0 saturated heterocycles. The molecule has 1 aromatic heterocycles. The van der Waals surface area contributed by atoms with Gasteiger partial charge in [0.1, 0.15) is 18.0 Å². The van der Waals surface area contributed by atoms with E-state index in [4.69, 9.17) is 5.26 Å². The van der Waals surface area contributed by atoms with Crippen LogP contribution in [0.3, 0.4) is 0 Å². The van der Waals surface area contributed by atoms with E-state index < -0.39 is 0 Å². The average Bonchev–Trinajstić information content (AvgIpc) is 2.47. The summed E-state index contributed by atoms with van der Waals surface area (Å²) in [6, 6.07) is 1.90. The minimum Gasteiger partial charge on any atom is -0.299 e. The Bertz CT molecular complexity index is 319. The predicted octanol–water partition coefficient (Wildman–Crippen LogP) is 0.493. The van der Waals surface area contributed by atoms with E-state index in [1.54, 1.807) is 0 Å². The lowest BCUT2D eigenvalue weighted by atomic mass is 10.2. The Morgan fingerprint density at radius 1 is 1.73 bits per heavy atom.